The van der Waals surface area contributed by atoms with Gasteiger partial charge in [0.1, 0.15) is 5.69 Å². The van der Waals surface area contributed by atoms with E-state index in [1.165, 1.54) is 0 Å². The summed E-state index contributed by atoms with van der Waals surface area (Å²) in [4.78, 5) is 7.92. The fourth-order valence-corrected chi connectivity index (χ4v) is 3.41. The van der Waals surface area contributed by atoms with Gasteiger partial charge in [-0.05, 0) is 30.7 Å². The minimum Gasteiger partial charge on any atom is -0.493 e. The molecule has 0 saturated carbocycles. The summed E-state index contributed by atoms with van der Waals surface area (Å²) in [6.07, 6.45) is 2.91. The van der Waals surface area contributed by atoms with Crippen molar-refractivity contribution in [2.75, 3.05) is 26.6 Å². The molecule has 3 N–H and O–H groups in total. The van der Waals surface area contributed by atoms with Gasteiger partial charge >= 0.3 is 0 Å². The SMILES string of the molecule is CC/C=C(/Nc1cc(-c2nc3ccccc3[nH]2)[nH]n1)c1cc(OC)c(OC)c(OC)c1. The van der Waals surface area contributed by atoms with Gasteiger partial charge in [-0.2, -0.15) is 5.10 Å². The van der Waals surface area contributed by atoms with E-state index in [-0.39, 0.29) is 0 Å². The number of methoxy groups -OCH3 is 3. The quantitative estimate of drug-likeness (QED) is 0.378. The second kappa shape index (κ2) is 8.83. The van der Waals surface area contributed by atoms with Gasteiger partial charge in [-0.3, -0.25) is 5.10 Å². The molecule has 0 aliphatic heterocycles. The van der Waals surface area contributed by atoms with E-state index in [4.69, 9.17) is 14.2 Å². The molecular weight excluding hydrogens is 394 g/mol. The minimum absolute atomic E-state index is 0.552. The molecule has 2 aromatic heterocycles. The Kier molecular flexibility index (Phi) is 5.79. The summed E-state index contributed by atoms with van der Waals surface area (Å²) in [5.74, 6) is 3.13. The Balaban J connectivity index is 1.65. The highest BCUT2D eigenvalue weighted by Crippen LogP contribution is 2.40. The summed E-state index contributed by atoms with van der Waals surface area (Å²) >= 11 is 0. The smallest absolute Gasteiger partial charge is 0.203 e. The van der Waals surface area contributed by atoms with E-state index < -0.39 is 0 Å². The largest absolute Gasteiger partial charge is 0.493 e. The van der Waals surface area contributed by atoms with Gasteiger partial charge in [-0.1, -0.05) is 25.1 Å². The van der Waals surface area contributed by atoms with Crippen LogP contribution in [0.5, 0.6) is 17.2 Å². The number of para-hydroxylation sites is 2. The number of fused-ring (bicyclic) bond motifs is 1. The number of allylic oxidation sites excluding steroid dienone is 1. The van der Waals surface area contributed by atoms with Crippen LogP contribution in [0.4, 0.5) is 5.82 Å². The number of H-pyrrole nitrogens is 2. The zero-order valence-electron chi connectivity index (χ0n) is 17.9. The average molecular weight is 419 g/mol. The van der Waals surface area contributed by atoms with Crippen molar-refractivity contribution in [1.82, 2.24) is 20.2 Å². The fourth-order valence-electron chi connectivity index (χ4n) is 3.41. The molecule has 4 aromatic rings. The Bertz CT molecular complexity index is 1170. The second-order valence-electron chi connectivity index (χ2n) is 6.83. The van der Waals surface area contributed by atoms with Gasteiger partial charge in [0.2, 0.25) is 5.75 Å². The number of aromatic nitrogens is 4. The first-order valence-electron chi connectivity index (χ1n) is 9.94. The van der Waals surface area contributed by atoms with Gasteiger partial charge in [-0.15, -0.1) is 0 Å². The summed E-state index contributed by atoms with van der Waals surface area (Å²) in [5.41, 5.74) is 4.45. The lowest BCUT2D eigenvalue weighted by atomic mass is 10.1. The highest BCUT2D eigenvalue weighted by Gasteiger charge is 2.16. The molecule has 0 aliphatic rings. The molecule has 0 amide bonds. The van der Waals surface area contributed by atoms with Crippen LogP contribution in [0.1, 0.15) is 18.9 Å². The number of imidazole rings is 1. The molecule has 0 fully saturated rings. The maximum absolute atomic E-state index is 5.49. The van der Waals surface area contributed by atoms with Crippen LogP contribution >= 0.6 is 0 Å². The number of aromatic amines is 2. The van der Waals surface area contributed by atoms with Crippen molar-refractivity contribution in [2.45, 2.75) is 13.3 Å². The first-order valence-corrected chi connectivity index (χ1v) is 9.94. The lowest BCUT2D eigenvalue weighted by molar-refractivity contribution is 0.324. The lowest BCUT2D eigenvalue weighted by Crippen LogP contribution is -2.02. The van der Waals surface area contributed by atoms with E-state index in [1.807, 2.05) is 42.5 Å². The lowest BCUT2D eigenvalue weighted by Gasteiger charge is -2.16. The van der Waals surface area contributed by atoms with Crippen LogP contribution in [0, 0.1) is 0 Å². The number of benzene rings is 2. The highest BCUT2D eigenvalue weighted by molar-refractivity contribution is 5.81. The number of nitrogens with one attached hydrogen (secondary N) is 3. The van der Waals surface area contributed by atoms with Crippen molar-refractivity contribution in [1.29, 1.82) is 0 Å². The number of nitrogens with zero attached hydrogens (tertiary/aromatic N) is 2. The van der Waals surface area contributed by atoms with Crippen LogP contribution < -0.4 is 19.5 Å². The van der Waals surface area contributed by atoms with E-state index >= 15 is 0 Å². The molecular formula is C23H25N5O3. The predicted octanol–water partition coefficient (Wildman–Crippen LogP) is 4.84. The summed E-state index contributed by atoms with van der Waals surface area (Å²) < 4.78 is 16.4. The van der Waals surface area contributed by atoms with Crippen LogP contribution in [0.2, 0.25) is 0 Å². The predicted molar refractivity (Wildman–Crippen MR) is 122 cm³/mol. The van der Waals surface area contributed by atoms with Crippen LogP contribution in [0.15, 0.2) is 48.5 Å². The summed E-state index contributed by atoms with van der Waals surface area (Å²) in [6.45, 7) is 2.07. The number of anilines is 1. The highest BCUT2D eigenvalue weighted by atomic mass is 16.5. The molecule has 8 heteroatoms. The van der Waals surface area contributed by atoms with Gasteiger partial charge in [0.05, 0.1) is 32.4 Å². The van der Waals surface area contributed by atoms with E-state index in [0.717, 1.165) is 40.2 Å². The maximum Gasteiger partial charge on any atom is 0.203 e. The number of hydrogen-bond donors (Lipinski definition) is 3. The first kappa shape index (κ1) is 20.3. The number of rotatable bonds is 8. The van der Waals surface area contributed by atoms with E-state index in [2.05, 4.69) is 38.5 Å². The molecule has 0 atom stereocenters. The third-order valence-corrected chi connectivity index (χ3v) is 4.87. The van der Waals surface area contributed by atoms with Crippen molar-refractivity contribution < 1.29 is 14.2 Å². The molecule has 0 radical (unpaired) electrons. The van der Waals surface area contributed by atoms with Crippen LogP contribution in [0.3, 0.4) is 0 Å². The Morgan fingerprint density at radius 3 is 2.42 bits per heavy atom. The van der Waals surface area contributed by atoms with Crippen molar-refractivity contribution in [2.24, 2.45) is 0 Å². The summed E-state index contributed by atoms with van der Waals surface area (Å²) in [6, 6.07) is 13.6. The third kappa shape index (κ3) is 4.05. The third-order valence-electron chi connectivity index (χ3n) is 4.87. The number of ether oxygens (including phenoxy) is 3. The monoisotopic (exact) mass is 419 g/mol. The van der Waals surface area contributed by atoms with Gasteiger partial charge in [0.15, 0.2) is 23.1 Å². The molecule has 0 saturated heterocycles. The normalized spacial score (nSPS) is 11.5. The van der Waals surface area contributed by atoms with Gasteiger partial charge < -0.3 is 24.5 Å². The van der Waals surface area contributed by atoms with E-state index in [1.54, 1.807) is 21.3 Å². The molecule has 31 heavy (non-hydrogen) atoms. The Hall–Kier alpha value is -3.94. The van der Waals surface area contributed by atoms with Crippen molar-refractivity contribution in [3.8, 4) is 28.8 Å². The number of hydrogen-bond acceptors (Lipinski definition) is 6. The van der Waals surface area contributed by atoms with Gasteiger partial charge in [-0.25, -0.2) is 4.98 Å². The molecule has 160 valence electrons. The summed E-state index contributed by atoms with van der Waals surface area (Å²) in [7, 11) is 4.79. The van der Waals surface area contributed by atoms with E-state index in [9.17, 15) is 0 Å². The van der Waals surface area contributed by atoms with Gasteiger partial charge in [0.25, 0.3) is 0 Å². The molecule has 2 aromatic carbocycles. The topological polar surface area (TPSA) is 97.1 Å². The maximum atomic E-state index is 5.49. The molecule has 0 spiro atoms. The van der Waals surface area contributed by atoms with Crippen LogP contribution in [0.25, 0.3) is 28.2 Å². The second-order valence-corrected chi connectivity index (χ2v) is 6.83. The Morgan fingerprint density at radius 1 is 1.03 bits per heavy atom. The minimum atomic E-state index is 0.552. The van der Waals surface area contributed by atoms with Crippen molar-refractivity contribution >= 4 is 22.5 Å². The van der Waals surface area contributed by atoms with Gasteiger partial charge in [0, 0.05) is 17.3 Å². The first-order chi connectivity index (χ1) is 15.2. The zero-order valence-corrected chi connectivity index (χ0v) is 17.9. The molecule has 2 heterocycles. The van der Waals surface area contributed by atoms with Crippen LogP contribution in [-0.2, 0) is 0 Å². The molecule has 0 aliphatic carbocycles. The zero-order chi connectivity index (χ0) is 21.8. The summed E-state index contributed by atoms with van der Waals surface area (Å²) in [5, 5.41) is 10.8. The van der Waals surface area contributed by atoms with E-state index in [0.29, 0.717) is 23.1 Å². The van der Waals surface area contributed by atoms with Crippen molar-refractivity contribution in [3.05, 3.63) is 54.1 Å². The molecule has 4 rings (SSSR count). The Labute approximate surface area is 180 Å². The fraction of sp³-hybridized carbons (Fsp3) is 0.217. The Morgan fingerprint density at radius 2 is 1.77 bits per heavy atom. The molecule has 0 unspecified atom stereocenters. The van der Waals surface area contributed by atoms with Crippen molar-refractivity contribution in [3.63, 3.8) is 0 Å². The standard InChI is InChI=1S/C23H25N5O3/c1-5-8-15(14-11-19(29-2)22(31-4)20(12-14)30-3)24-21-13-18(27-28-21)23-25-16-9-6-7-10-17(16)26-23/h6-13H,5H2,1-4H3,(H,25,26)(H2,24,27,28)/b15-8+. The average Bonchev–Trinajstić information content (AvgIpc) is 3.44. The molecule has 0 bridgehead atoms. The molecule has 8 nitrogen and oxygen atoms in total. The van der Waals surface area contributed by atoms with Crippen LogP contribution in [-0.4, -0.2) is 41.5 Å².